The average molecular weight is 286 g/mol. The van der Waals surface area contributed by atoms with Crippen LogP contribution >= 0.6 is 23.2 Å². The number of halogens is 2. The minimum absolute atomic E-state index is 0.323. The smallest absolute Gasteiger partial charge is 0.0640 e. The quantitative estimate of drug-likeness (QED) is 0.817. The van der Waals surface area contributed by atoms with E-state index in [2.05, 4.69) is 18.3 Å². The van der Waals surface area contributed by atoms with Crippen molar-refractivity contribution in [1.29, 1.82) is 0 Å². The van der Waals surface area contributed by atoms with Gasteiger partial charge in [0.2, 0.25) is 0 Å². The molecule has 0 amide bonds. The molecule has 1 atom stereocenters. The number of rotatable bonds is 3. The van der Waals surface area contributed by atoms with Crippen LogP contribution in [-0.2, 0) is 0 Å². The molecule has 0 saturated heterocycles. The van der Waals surface area contributed by atoms with Crippen LogP contribution in [0.2, 0.25) is 10.0 Å². The molecule has 1 unspecified atom stereocenters. The lowest BCUT2D eigenvalue weighted by Gasteiger charge is -2.33. The molecule has 1 aromatic carbocycles. The van der Waals surface area contributed by atoms with E-state index in [0.29, 0.717) is 22.0 Å². The molecule has 0 aromatic heterocycles. The van der Waals surface area contributed by atoms with Crippen molar-refractivity contribution in [2.45, 2.75) is 38.6 Å². The van der Waals surface area contributed by atoms with Crippen LogP contribution in [0.5, 0.6) is 0 Å². The van der Waals surface area contributed by atoms with E-state index >= 15 is 0 Å². The van der Waals surface area contributed by atoms with Crippen molar-refractivity contribution in [1.82, 2.24) is 5.32 Å². The molecular weight excluding hydrogens is 265 g/mol. The summed E-state index contributed by atoms with van der Waals surface area (Å²) in [6.07, 6.45) is 5.19. The highest BCUT2D eigenvalue weighted by Crippen LogP contribution is 2.40. The summed E-state index contributed by atoms with van der Waals surface area (Å²) in [6.45, 7) is 2.34. The van der Waals surface area contributed by atoms with Gasteiger partial charge in [-0.3, -0.25) is 0 Å². The first-order valence-electron chi connectivity index (χ1n) is 6.74. The van der Waals surface area contributed by atoms with Gasteiger partial charge in [0.15, 0.2) is 0 Å². The predicted molar refractivity (Wildman–Crippen MR) is 79.4 cm³/mol. The molecule has 1 aromatic rings. The summed E-state index contributed by atoms with van der Waals surface area (Å²) < 4.78 is 0. The zero-order chi connectivity index (χ0) is 13.1. The summed E-state index contributed by atoms with van der Waals surface area (Å²) >= 11 is 12.5. The van der Waals surface area contributed by atoms with Crippen molar-refractivity contribution < 1.29 is 0 Å². The van der Waals surface area contributed by atoms with E-state index in [9.17, 15) is 0 Å². The Morgan fingerprint density at radius 1 is 1.17 bits per heavy atom. The van der Waals surface area contributed by atoms with Gasteiger partial charge in [0, 0.05) is 6.04 Å². The second kappa shape index (κ2) is 6.27. The minimum atomic E-state index is 0.323. The summed E-state index contributed by atoms with van der Waals surface area (Å²) in [5.74, 6) is 1.54. The molecule has 1 fully saturated rings. The van der Waals surface area contributed by atoms with Gasteiger partial charge in [-0.05, 0) is 43.4 Å². The fourth-order valence-electron chi connectivity index (χ4n) is 3.03. The Balaban J connectivity index is 2.20. The van der Waals surface area contributed by atoms with Crippen molar-refractivity contribution in [3.8, 4) is 0 Å². The Labute approximate surface area is 120 Å². The van der Waals surface area contributed by atoms with Crippen molar-refractivity contribution in [3.05, 3.63) is 33.8 Å². The lowest BCUT2D eigenvalue weighted by atomic mass is 9.77. The predicted octanol–water partition coefficient (Wildman–Crippen LogP) is 5.08. The van der Waals surface area contributed by atoms with Crippen LogP contribution in [-0.4, -0.2) is 7.05 Å². The zero-order valence-electron chi connectivity index (χ0n) is 11.0. The van der Waals surface area contributed by atoms with Gasteiger partial charge < -0.3 is 5.32 Å². The summed E-state index contributed by atoms with van der Waals surface area (Å²) in [5.41, 5.74) is 1.14. The van der Waals surface area contributed by atoms with Crippen molar-refractivity contribution >= 4 is 23.2 Å². The fraction of sp³-hybridized carbons (Fsp3) is 0.600. The van der Waals surface area contributed by atoms with Crippen LogP contribution in [0.4, 0.5) is 0 Å². The first-order valence-corrected chi connectivity index (χ1v) is 7.50. The monoisotopic (exact) mass is 285 g/mol. The Morgan fingerprint density at radius 2 is 1.83 bits per heavy atom. The van der Waals surface area contributed by atoms with Gasteiger partial charge in [0.05, 0.1) is 10.0 Å². The van der Waals surface area contributed by atoms with Crippen LogP contribution in [0.25, 0.3) is 0 Å². The SMILES string of the molecule is CNC(c1cccc(Cl)c1Cl)C1CCC(C)CC1. The molecular formula is C15H21Cl2N. The van der Waals surface area contributed by atoms with Gasteiger partial charge in [-0.1, -0.05) is 55.1 Å². The molecule has 0 aliphatic heterocycles. The summed E-state index contributed by atoms with van der Waals surface area (Å²) in [6, 6.07) is 6.25. The van der Waals surface area contributed by atoms with Gasteiger partial charge in [-0.15, -0.1) is 0 Å². The van der Waals surface area contributed by atoms with E-state index in [1.807, 2.05) is 19.2 Å². The third-order valence-corrected chi connectivity index (χ3v) is 4.99. The Bertz CT molecular complexity index is 397. The maximum atomic E-state index is 6.34. The standard InChI is InChI=1S/C15H21Cl2N/c1-10-6-8-11(9-7-10)15(18-2)12-4-3-5-13(16)14(12)17/h3-5,10-11,15,18H,6-9H2,1-2H3. The molecule has 100 valence electrons. The molecule has 0 spiro atoms. The molecule has 3 heteroatoms. The van der Waals surface area contributed by atoms with E-state index in [1.54, 1.807) is 0 Å². The van der Waals surface area contributed by atoms with Crippen molar-refractivity contribution in [2.75, 3.05) is 7.05 Å². The second-order valence-corrected chi connectivity index (χ2v) is 6.21. The van der Waals surface area contributed by atoms with Gasteiger partial charge in [-0.2, -0.15) is 0 Å². The number of hydrogen-bond acceptors (Lipinski definition) is 1. The van der Waals surface area contributed by atoms with E-state index in [0.717, 1.165) is 11.5 Å². The van der Waals surface area contributed by atoms with Crippen LogP contribution < -0.4 is 5.32 Å². The third-order valence-electron chi connectivity index (χ3n) is 4.16. The Morgan fingerprint density at radius 3 is 2.44 bits per heavy atom. The van der Waals surface area contributed by atoms with Crippen LogP contribution in [0.3, 0.4) is 0 Å². The van der Waals surface area contributed by atoms with Crippen LogP contribution in [0.1, 0.15) is 44.2 Å². The molecule has 1 N–H and O–H groups in total. The highest BCUT2D eigenvalue weighted by molar-refractivity contribution is 6.42. The number of nitrogens with one attached hydrogen (secondary N) is 1. The van der Waals surface area contributed by atoms with Crippen LogP contribution in [0.15, 0.2) is 18.2 Å². The maximum Gasteiger partial charge on any atom is 0.0640 e. The second-order valence-electron chi connectivity index (χ2n) is 5.43. The molecule has 0 bridgehead atoms. The average Bonchev–Trinajstić information content (AvgIpc) is 2.37. The molecule has 1 nitrogen and oxygen atoms in total. The Hall–Kier alpha value is -0.240. The highest BCUT2D eigenvalue weighted by atomic mass is 35.5. The normalized spacial score (nSPS) is 26.0. The molecule has 1 saturated carbocycles. The molecule has 1 aliphatic rings. The molecule has 1 aliphatic carbocycles. The minimum Gasteiger partial charge on any atom is -0.313 e. The van der Waals surface area contributed by atoms with E-state index in [1.165, 1.54) is 25.7 Å². The molecule has 0 radical (unpaired) electrons. The van der Waals surface area contributed by atoms with Gasteiger partial charge >= 0.3 is 0 Å². The largest absolute Gasteiger partial charge is 0.313 e. The topological polar surface area (TPSA) is 12.0 Å². The van der Waals surface area contributed by atoms with E-state index in [-0.39, 0.29) is 0 Å². The Kier molecular flexibility index (Phi) is 4.94. The number of benzene rings is 1. The van der Waals surface area contributed by atoms with Crippen LogP contribution in [0, 0.1) is 11.8 Å². The maximum absolute atomic E-state index is 6.34. The van der Waals surface area contributed by atoms with Gasteiger partial charge in [0.1, 0.15) is 0 Å². The molecule has 2 rings (SSSR count). The zero-order valence-corrected chi connectivity index (χ0v) is 12.6. The van der Waals surface area contributed by atoms with Crippen molar-refractivity contribution in [3.63, 3.8) is 0 Å². The summed E-state index contributed by atoms with van der Waals surface area (Å²) in [4.78, 5) is 0. The number of hydrogen-bond donors (Lipinski definition) is 1. The van der Waals surface area contributed by atoms with Gasteiger partial charge in [0.25, 0.3) is 0 Å². The highest BCUT2D eigenvalue weighted by Gasteiger charge is 2.27. The molecule has 0 heterocycles. The van der Waals surface area contributed by atoms with Crippen molar-refractivity contribution in [2.24, 2.45) is 11.8 Å². The van der Waals surface area contributed by atoms with Gasteiger partial charge in [-0.25, -0.2) is 0 Å². The summed E-state index contributed by atoms with van der Waals surface area (Å²) in [5, 5.41) is 4.79. The molecule has 18 heavy (non-hydrogen) atoms. The first-order chi connectivity index (χ1) is 8.63. The van der Waals surface area contributed by atoms with E-state index < -0.39 is 0 Å². The third kappa shape index (κ3) is 3.01. The lowest BCUT2D eigenvalue weighted by Crippen LogP contribution is -2.28. The van der Waals surface area contributed by atoms with E-state index in [4.69, 9.17) is 23.2 Å². The lowest BCUT2D eigenvalue weighted by molar-refractivity contribution is 0.238. The first kappa shape index (κ1) is 14.2. The summed E-state index contributed by atoms with van der Waals surface area (Å²) in [7, 11) is 2.01. The fourth-order valence-corrected chi connectivity index (χ4v) is 3.45.